The molecule has 0 spiro atoms. The number of aromatic nitrogens is 1. The molecule has 0 radical (unpaired) electrons. The molecule has 5 heteroatoms. The summed E-state index contributed by atoms with van der Waals surface area (Å²) in [7, 11) is 0. The number of aliphatic hydroxyl groups is 1. The van der Waals surface area contributed by atoms with Gasteiger partial charge in [0.1, 0.15) is 5.15 Å². The Balaban J connectivity index is 1.86. The summed E-state index contributed by atoms with van der Waals surface area (Å²) >= 11 is 6.03. The molecule has 20 heavy (non-hydrogen) atoms. The van der Waals surface area contributed by atoms with Gasteiger partial charge in [-0.3, -0.25) is 4.79 Å². The molecule has 1 heterocycles. The summed E-state index contributed by atoms with van der Waals surface area (Å²) < 4.78 is 0. The van der Waals surface area contributed by atoms with Crippen LogP contribution in [0.2, 0.25) is 5.15 Å². The third kappa shape index (κ3) is 2.37. The summed E-state index contributed by atoms with van der Waals surface area (Å²) in [6, 6.07) is 7.39. The lowest BCUT2D eigenvalue weighted by atomic mass is 9.80. The number of nitrogens with zero attached hydrogens (tertiary/aromatic N) is 1. The maximum absolute atomic E-state index is 12.3. The summed E-state index contributed by atoms with van der Waals surface area (Å²) in [5, 5.41) is 14.7. The Morgan fingerprint density at radius 2 is 2.05 bits per heavy atom. The van der Waals surface area contributed by atoms with E-state index >= 15 is 0 Å². The van der Waals surface area contributed by atoms with Crippen LogP contribution in [0, 0.1) is 0 Å². The summed E-state index contributed by atoms with van der Waals surface area (Å²) in [6.07, 6.45) is 3.97. The fourth-order valence-corrected chi connectivity index (χ4v) is 2.65. The number of rotatable bonds is 3. The first-order chi connectivity index (χ1) is 9.59. The first-order valence-electron chi connectivity index (χ1n) is 6.63. The average Bonchev–Trinajstić information content (AvgIpc) is 2.43. The minimum Gasteiger partial charge on any atom is -0.388 e. The van der Waals surface area contributed by atoms with Gasteiger partial charge >= 0.3 is 0 Å². The molecule has 1 fully saturated rings. The lowest BCUT2D eigenvalue weighted by Crippen LogP contribution is -2.47. The first-order valence-corrected chi connectivity index (χ1v) is 7.01. The van der Waals surface area contributed by atoms with Gasteiger partial charge in [-0.2, -0.15) is 0 Å². The molecular formula is C15H15ClN2O2. The van der Waals surface area contributed by atoms with Gasteiger partial charge in [-0.15, -0.1) is 0 Å². The van der Waals surface area contributed by atoms with E-state index in [-0.39, 0.29) is 12.5 Å². The second-order valence-corrected chi connectivity index (χ2v) is 5.63. The van der Waals surface area contributed by atoms with Crippen LogP contribution >= 0.6 is 11.6 Å². The first kappa shape index (κ1) is 13.3. The Hall–Kier alpha value is -1.65. The fourth-order valence-electron chi connectivity index (χ4n) is 2.44. The third-order valence-corrected chi connectivity index (χ3v) is 4.15. The molecule has 2 N–H and O–H groups in total. The van der Waals surface area contributed by atoms with E-state index < -0.39 is 5.60 Å². The minimum atomic E-state index is -0.731. The predicted molar refractivity (Wildman–Crippen MR) is 77.9 cm³/mol. The zero-order valence-electron chi connectivity index (χ0n) is 10.9. The SMILES string of the molecule is O=C(NCC1(O)CCC1)c1cnc(Cl)c2ccccc12. The normalized spacial score (nSPS) is 16.7. The molecule has 1 saturated carbocycles. The van der Waals surface area contributed by atoms with Gasteiger partial charge in [0.25, 0.3) is 5.91 Å². The van der Waals surface area contributed by atoms with Gasteiger partial charge in [-0.05, 0) is 24.6 Å². The number of amides is 1. The molecule has 1 amide bonds. The Morgan fingerprint density at radius 1 is 1.35 bits per heavy atom. The van der Waals surface area contributed by atoms with E-state index in [4.69, 9.17) is 11.6 Å². The maximum Gasteiger partial charge on any atom is 0.253 e. The molecule has 0 bridgehead atoms. The number of halogens is 1. The molecule has 1 aromatic carbocycles. The average molecular weight is 291 g/mol. The van der Waals surface area contributed by atoms with Crippen LogP contribution in [0.4, 0.5) is 0 Å². The number of carbonyl (C=O) groups is 1. The van der Waals surface area contributed by atoms with E-state index in [1.807, 2.05) is 24.3 Å². The number of benzene rings is 1. The van der Waals surface area contributed by atoms with Gasteiger partial charge in [-0.25, -0.2) is 4.98 Å². The van der Waals surface area contributed by atoms with Crippen molar-refractivity contribution in [2.24, 2.45) is 0 Å². The molecule has 4 nitrogen and oxygen atoms in total. The Labute approximate surface area is 121 Å². The van der Waals surface area contributed by atoms with Crippen molar-refractivity contribution in [2.75, 3.05) is 6.54 Å². The second kappa shape index (κ2) is 5.04. The molecule has 1 aromatic heterocycles. The van der Waals surface area contributed by atoms with Crippen molar-refractivity contribution in [1.82, 2.24) is 10.3 Å². The molecule has 2 aromatic rings. The number of carbonyl (C=O) groups excluding carboxylic acids is 1. The standard InChI is InChI=1S/C15H15ClN2O2/c16-13-11-5-2-1-4-10(11)12(8-17-13)14(19)18-9-15(20)6-3-7-15/h1-2,4-5,8,20H,3,6-7,9H2,(H,18,19). The number of fused-ring (bicyclic) bond motifs is 1. The smallest absolute Gasteiger partial charge is 0.253 e. The van der Waals surface area contributed by atoms with Crippen molar-refractivity contribution in [1.29, 1.82) is 0 Å². The molecule has 0 atom stereocenters. The van der Waals surface area contributed by atoms with Crippen LogP contribution < -0.4 is 5.32 Å². The zero-order valence-corrected chi connectivity index (χ0v) is 11.7. The van der Waals surface area contributed by atoms with Gasteiger partial charge in [0, 0.05) is 18.1 Å². The van der Waals surface area contributed by atoms with Crippen LogP contribution in [-0.4, -0.2) is 28.1 Å². The van der Waals surface area contributed by atoms with Crippen molar-refractivity contribution in [3.8, 4) is 0 Å². The van der Waals surface area contributed by atoms with Crippen molar-refractivity contribution in [3.05, 3.63) is 41.2 Å². The monoisotopic (exact) mass is 290 g/mol. The molecule has 1 aliphatic carbocycles. The lowest BCUT2D eigenvalue weighted by Gasteiger charge is -2.36. The number of hydrogen-bond donors (Lipinski definition) is 2. The van der Waals surface area contributed by atoms with Crippen molar-refractivity contribution in [3.63, 3.8) is 0 Å². The Bertz CT molecular complexity index is 668. The summed E-state index contributed by atoms with van der Waals surface area (Å²) in [5.41, 5.74) is -0.251. The highest BCUT2D eigenvalue weighted by Gasteiger charge is 2.34. The summed E-state index contributed by atoms with van der Waals surface area (Å²) in [4.78, 5) is 16.3. The fraction of sp³-hybridized carbons (Fsp3) is 0.333. The molecule has 1 aliphatic rings. The zero-order chi connectivity index (χ0) is 14.2. The highest BCUT2D eigenvalue weighted by Crippen LogP contribution is 2.31. The molecular weight excluding hydrogens is 276 g/mol. The number of pyridine rings is 1. The molecule has 104 valence electrons. The lowest BCUT2D eigenvalue weighted by molar-refractivity contribution is -0.0300. The van der Waals surface area contributed by atoms with Gasteiger partial charge < -0.3 is 10.4 Å². The largest absolute Gasteiger partial charge is 0.388 e. The molecule has 0 unspecified atom stereocenters. The van der Waals surface area contributed by atoms with Gasteiger partial charge in [0.15, 0.2) is 0 Å². The van der Waals surface area contributed by atoms with Gasteiger partial charge in [0.05, 0.1) is 11.2 Å². The topological polar surface area (TPSA) is 62.2 Å². The molecule has 3 rings (SSSR count). The number of hydrogen-bond acceptors (Lipinski definition) is 3. The van der Waals surface area contributed by atoms with Crippen LogP contribution in [0.25, 0.3) is 10.8 Å². The number of nitrogens with one attached hydrogen (secondary N) is 1. The highest BCUT2D eigenvalue weighted by atomic mass is 35.5. The van der Waals surface area contributed by atoms with Crippen molar-refractivity contribution >= 4 is 28.3 Å². The van der Waals surface area contributed by atoms with E-state index in [0.29, 0.717) is 10.7 Å². The van der Waals surface area contributed by atoms with Crippen LogP contribution in [0.1, 0.15) is 29.6 Å². The van der Waals surface area contributed by atoms with Crippen molar-refractivity contribution < 1.29 is 9.90 Å². The second-order valence-electron chi connectivity index (χ2n) is 5.27. The van der Waals surface area contributed by atoms with E-state index in [1.165, 1.54) is 6.20 Å². The minimum absolute atomic E-state index is 0.231. The molecule has 0 aliphatic heterocycles. The third-order valence-electron chi connectivity index (χ3n) is 3.85. The van der Waals surface area contributed by atoms with Crippen LogP contribution in [-0.2, 0) is 0 Å². The van der Waals surface area contributed by atoms with Gasteiger partial charge in [-0.1, -0.05) is 35.9 Å². The van der Waals surface area contributed by atoms with Gasteiger partial charge in [0.2, 0.25) is 0 Å². The van der Waals surface area contributed by atoms with Crippen molar-refractivity contribution in [2.45, 2.75) is 24.9 Å². The maximum atomic E-state index is 12.3. The summed E-state index contributed by atoms with van der Waals surface area (Å²) in [6.45, 7) is 0.281. The van der Waals surface area contributed by atoms with E-state index in [0.717, 1.165) is 30.0 Å². The Kier molecular flexibility index (Phi) is 3.36. The molecule has 0 saturated heterocycles. The van der Waals surface area contributed by atoms with E-state index in [2.05, 4.69) is 10.3 Å². The van der Waals surface area contributed by atoms with E-state index in [1.54, 1.807) is 0 Å². The highest BCUT2D eigenvalue weighted by molar-refractivity contribution is 6.34. The Morgan fingerprint density at radius 3 is 2.70 bits per heavy atom. The predicted octanol–water partition coefficient (Wildman–Crippen LogP) is 2.53. The van der Waals surface area contributed by atoms with Crippen LogP contribution in [0.3, 0.4) is 0 Å². The van der Waals surface area contributed by atoms with E-state index in [9.17, 15) is 9.90 Å². The van der Waals surface area contributed by atoms with Crippen LogP contribution in [0.15, 0.2) is 30.5 Å². The quantitative estimate of drug-likeness (QED) is 0.854. The summed E-state index contributed by atoms with van der Waals surface area (Å²) in [5.74, 6) is -0.231. The van der Waals surface area contributed by atoms with Crippen LogP contribution in [0.5, 0.6) is 0 Å².